The Morgan fingerprint density at radius 1 is 0.882 bits per heavy atom. The SMILES string of the molecule is C1=NCCN(c2ccccc2)c2ccccc21. The van der Waals surface area contributed by atoms with E-state index in [1.165, 1.54) is 16.9 Å². The molecule has 1 heterocycles. The second kappa shape index (κ2) is 4.42. The zero-order chi connectivity index (χ0) is 11.5. The van der Waals surface area contributed by atoms with Crippen LogP contribution in [-0.4, -0.2) is 19.3 Å². The summed E-state index contributed by atoms with van der Waals surface area (Å²) in [6.45, 7) is 1.76. The fourth-order valence-electron chi connectivity index (χ4n) is 2.16. The molecule has 1 aliphatic heterocycles. The molecule has 84 valence electrons. The van der Waals surface area contributed by atoms with E-state index in [1.54, 1.807) is 0 Å². The summed E-state index contributed by atoms with van der Waals surface area (Å²) in [5, 5.41) is 0. The third kappa shape index (κ3) is 1.94. The monoisotopic (exact) mass is 222 g/mol. The van der Waals surface area contributed by atoms with Crippen LogP contribution in [0.2, 0.25) is 0 Å². The van der Waals surface area contributed by atoms with E-state index in [2.05, 4.69) is 58.4 Å². The van der Waals surface area contributed by atoms with Crippen molar-refractivity contribution in [1.29, 1.82) is 0 Å². The van der Waals surface area contributed by atoms with E-state index >= 15 is 0 Å². The van der Waals surface area contributed by atoms with Gasteiger partial charge < -0.3 is 4.90 Å². The predicted octanol–water partition coefficient (Wildman–Crippen LogP) is 3.26. The van der Waals surface area contributed by atoms with Gasteiger partial charge in [0, 0.05) is 29.7 Å². The number of fused-ring (bicyclic) bond motifs is 1. The van der Waals surface area contributed by atoms with Gasteiger partial charge in [0.2, 0.25) is 0 Å². The highest BCUT2D eigenvalue weighted by Gasteiger charge is 2.13. The average Bonchev–Trinajstić information content (AvgIpc) is 2.62. The van der Waals surface area contributed by atoms with Crippen molar-refractivity contribution in [2.24, 2.45) is 4.99 Å². The lowest BCUT2D eigenvalue weighted by Gasteiger charge is -2.24. The number of hydrogen-bond donors (Lipinski definition) is 0. The van der Waals surface area contributed by atoms with Crippen LogP contribution in [0.3, 0.4) is 0 Å². The van der Waals surface area contributed by atoms with Gasteiger partial charge in [0.25, 0.3) is 0 Å². The Morgan fingerprint density at radius 3 is 2.53 bits per heavy atom. The molecule has 0 saturated heterocycles. The number of aliphatic imine (C=N–C) groups is 1. The highest BCUT2D eigenvalue weighted by atomic mass is 15.2. The van der Waals surface area contributed by atoms with Crippen LogP contribution < -0.4 is 4.90 Å². The summed E-state index contributed by atoms with van der Waals surface area (Å²) in [5.41, 5.74) is 3.65. The van der Waals surface area contributed by atoms with E-state index < -0.39 is 0 Å². The normalized spacial score (nSPS) is 14.2. The van der Waals surface area contributed by atoms with E-state index in [0.29, 0.717) is 0 Å². The number of hydrogen-bond acceptors (Lipinski definition) is 2. The predicted molar refractivity (Wildman–Crippen MR) is 72.4 cm³/mol. The standard InChI is InChI=1S/C15H14N2/c1-2-7-14(8-3-1)17-11-10-16-12-13-6-4-5-9-15(13)17/h1-9,12H,10-11H2. The topological polar surface area (TPSA) is 15.6 Å². The van der Waals surface area contributed by atoms with E-state index in [-0.39, 0.29) is 0 Å². The Hall–Kier alpha value is -2.09. The van der Waals surface area contributed by atoms with E-state index in [4.69, 9.17) is 0 Å². The van der Waals surface area contributed by atoms with Gasteiger partial charge in [-0.2, -0.15) is 0 Å². The second-order valence-electron chi connectivity index (χ2n) is 4.08. The Bertz CT molecular complexity index is 532. The molecule has 1 aliphatic rings. The van der Waals surface area contributed by atoms with Gasteiger partial charge in [0.1, 0.15) is 0 Å². The maximum Gasteiger partial charge on any atom is 0.0569 e. The van der Waals surface area contributed by atoms with Gasteiger partial charge in [-0.3, -0.25) is 4.99 Å². The van der Waals surface area contributed by atoms with Gasteiger partial charge in [-0.15, -0.1) is 0 Å². The maximum atomic E-state index is 4.42. The summed E-state index contributed by atoms with van der Waals surface area (Å²) in [6.07, 6.45) is 1.97. The molecule has 0 spiro atoms. The van der Waals surface area contributed by atoms with Crippen LogP contribution in [0.15, 0.2) is 59.6 Å². The summed E-state index contributed by atoms with van der Waals surface area (Å²) in [5.74, 6) is 0. The van der Waals surface area contributed by atoms with Crippen molar-refractivity contribution in [2.75, 3.05) is 18.0 Å². The van der Waals surface area contributed by atoms with Crippen molar-refractivity contribution in [2.45, 2.75) is 0 Å². The third-order valence-electron chi connectivity index (χ3n) is 2.98. The fourth-order valence-corrected chi connectivity index (χ4v) is 2.16. The number of para-hydroxylation sites is 2. The molecule has 2 nitrogen and oxygen atoms in total. The molecule has 2 aromatic carbocycles. The molecular weight excluding hydrogens is 208 g/mol. The van der Waals surface area contributed by atoms with Gasteiger partial charge in [-0.1, -0.05) is 36.4 Å². The molecule has 0 unspecified atom stereocenters. The minimum absolute atomic E-state index is 0.837. The second-order valence-corrected chi connectivity index (χ2v) is 4.08. The number of benzodiazepines with no additional fused rings is 1. The number of anilines is 2. The summed E-state index contributed by atoms with van der Waals surface area (Å²) >= 11 is 0. The van der Waals surface area contributed by atoms with Gasteiger partial charge >= 0.3 is 0 Å². The molecule has 0 bridgehead atoms. The molecule has 3 rings (SSSR count). The van der Waals surface area contributed by atoms with Gasteiger partial charge in [-0.25, -0.2) is 0 Å². The van der Waals surface area contributed by atoms with E-state index in [1.807, 2.05) is 12.3 Å². The van der Waals surface area contributed by atoms with Crippen molar-refractivity contribution >= 4 is 17.6 Å². The lowest BCUT2D eigenvalue weighted by molar-refractivity contribution is 0.935. The van der Waals surface area contributed by atoms with Gasteiger partial charge in [0.05, 0.1) is 6.54 Å². The average molecular weight is 222 g/mol. The Kier molecular flexibility index (Phi) is 2.62. The Morgan fingerprint density at radius 2 is 1.65 bits per heavy atom. The van der Waals surface area contributed by atoms with Crippen molar-refractivity contribution in [3.05, 3.63) is 60.2 Å². The molecule has 2 heteroatoms. The molecule has 0 saturated carbocycles. The molecule has 0 radical (unpaired) electrons. The molecule has 0 fully saturated rings. The zero-order valence-electron chi connectivity index (χ0n) is 9.58. The van der Waals surface area contributed by atoms with Crippen LogP contribution in [0.4, 0.5) is 11.4 Å². The smallest absolute Gasteiger partial charge is 0.0569 e. The van der Waals surface area contributed by atoms with Gasteiger partial charge in [-0.05, 0) is 18.2 Å². The van der Waals surface area contributed by atoms with Crippen LogP contribution in [0.1, 0.15) is 5.56 Å². The molecule has 0 aliphatic carbocycles. The van der Waals surface area contributed by atoms with E-state index in [9.17, 15) is 0 Å². The van der Waals surface area contributed by atoms with Crippen LogP contribution in [-0.2, 0) is 0 Å². The Balaban J connectivity index is 2.09. The van der Waals surface area contributed by atoms with Crippen LogP contribution in [0, 0.1) is 0 Å². The first-order valence-electron chi connectivity index (χ1n) is 5.86. The van der Waals surface area contributed by atoms with Crippen molar-refractivity contribution < 1.29 is 0 Å². The molecule has 0 N–H and O–H groups in total. The fraction of sp³-hybridized carbons (Fsp3) is 0.133. The highest BCUT2D eigenvalue weighted by Crippen LogP contribution is 2.28. The highest BCUT2D eigenvalue weighted by molar-refractivity contribution is 5.90. The molecule has 0 aromatic heterocycles. The lowest BCUT2D eigenvalue weighted by Crippen LogP contribution is -2.20. The number of benzene rings is 2. The number of rotatable bonds is 1. The quantitative estimate of drug-likeness (QED) is 0.723. The maximum absolute atomic E-state index is 4.42. The Labute approximate surface area is 101 Å². The third-order valence-corrected chi connectivity index (χ3v) is 2.98. The first-order chi connectivity index (χ1) is 8.45. The molecule has 0 atom stereocenters. The number of nitrogens with zero attached hydrogens (tertiary/aromatic N) is 2. The first-order valence-corrected chi connectivity index (χ1v) is 5.86. The molecular formula is C15H14N2. The van der Waals surface area contributed by atoms with Gasteiger partial charge in [0.15, 0.2) is 0 Å². The molecule has 0 amide bonds. The summed E-state index contributed by atoms with van der Waals surface area (Å²) in [6, 6.07) is 18.9. The summed E-state index contributed by atoms with van der Waals surface area (Å²) in [4.78, 5) is 6.74. The largest absolute Gasteiger partial charge is 0.339 e. The lowest BCUT2D eigenvalue weighted by atomic mass is 10.1. The van der Waals surface area contributed by atoms with E-state index in [0.717, 1.165) is 13.1 Å². The van der Waals surface area contributed by atoms with Crippen molar-refractivity contribution in [1.82, 2.24) is 0 Å². The van der Waals surface area contributed by atoms with Crippen LogP contribution in [0.25, 0.3) is 0 Å². The first kappa shape index (κ1) is 10.1. The summed E-state index contributed by atoms with van der Waals surface area (Å²) in [7, 11) is 0. The zero-order valence-corrected chi connectivity index (χ0v) is 9.58. The minimum atomic E-state index is 0.837. The van der Waals surface area contributed by atoms with Crippen LogP contribution in [0.5, 0.6) is 0 Å². The summed E-state index contributed by atoms with van der Waals surface area (Å²) < 4.78 is 0. The minimum Gasteiger partial charge on any atom is -0.339 e. The van der Waals surface area contributed by atoms with Crippen LogP contribution >= 0.6 is 0 Å². The molecule has 2 aromatic rings. The molecule has 17 heavy (non-hydrogen) atoms. The van der Waals surface area contributed by atoms with Crippen molar-refractivity contribution in [3.63, 3.8) is 0 Å². The van der Waals surface area contributed by atoms with Crippen molar-refractivity contribution in [3.8, 4) is 0 Å².